The molecule has 0 spiro atoms. The first-order valence-electron chi connectivity index (χ1n) is 8.55. The van der Waals surface area contributed by atoms with E-state index in [9.17, 15) is 12.8 Å². The fourth-order valence-electron chi connectivity index (χ4n) is 3.28. The van der Waals surface area contributed by atoms with Crippen LogP contribution in [0.3, 0.4) is 0 Å². The largest absolute Gasteiger partial charge is 0.279 e. The molecule has 1 saturated carbocycles. The lowest BCUT2D eigenvalue weighted by Crippen LogP contribution is -2.13. The van der Waals surface area contributed by atoms with Crippen LogP contribution in [-0.4, -0.2) is 18.2 Å². The maximum Gasteiger partial charge on any atom is 0.265 e. The van der Waals surface area contributed by atoms with Crippen LogP contribution >= 0.6 is 22.9 Å². The fraction of sp³-hybridized carbons (Fsp3) is 0.278. The van der Waals surface area contributed by atoms with E-state index in [1.807, 2.05) is 17.5 Å². The van der Waals surface area contributed by atoms with Crippen LogP contribution in [0, 0.1) is 5.82 Å². The second-order valence-electron chi connectivity index (χ2n) is 6.47. The maximum absolute atomic E-state index is 13.4. The topological polar surface area (TPSA) is 64.0 Å². The molecule has 0 aliphatic heterocycles. The number of nitrogens with one attached hydrogen (secondary N) is 1. The number of hydrogen-bond donors (Lipinski definition) is 1. The van der Waals surface area contributed by atoms with Gasteiger partial charge in [0, 0.05) is 6.20 Å². The third kappa shape index (κ3) is 3.74. The van der Waals surface area contributed by atoms with Crippen LogP contribution in [-0.2, 0) is 10.0 Å². The third-order valence-corrected chi connectivity index (χ3v) is 7.16. The van der Waals surface area contributed by atoms with Gasteiger partial charge in [0.15, 0.2) is 0 Å². The Kier molecular flexibility index (Phi) is 4.96. The Morgan fingerprint density at radius 3 is 2.70 bits per heavy atom. The van der Waals surface area contributed by atoms with Crippen molar-refractivity contribution in [1.29, 1.82) is 0 Å². The van der Waals surface area contributed by atoms with Crippen LogP contribution in [0.4, 0.5) is 10.1 Å². The predicted octanol–water partition coefficient (Wildman–Crippen LogP) is 5.32. The van der Waals surface area contributed by atoms with Gasteiger partial charge in [-0.3, -0.25) is 9.40 Å². The first-order chi connectivity index (χ1) is 12.9. The van der Waals surface area contributed by atoms with E-state index in [1.165, 1.54) is 23.5 Å². The van der Waals surface area contributed by atoms with Crippen LogP contribution < -0.4 is 4.72 Å². The predicted molar refractivity (Wildman–Crippen MR) is 105 cm³/mol. The van der Waals surface area contributed by atoms with Crippen molar-refractivity contribution >= 4 is 38.6 Å². The summed E-state index contributed by atoms with van der Waals surface area (Å²) in [4.78, 5) is 0.890. The Hall–Kier alpha value is -1.90. The molecule has 1 aliphatic rings. The molecule has 1 fully saturated rings. The molecule has 9 heteroatoms. The average molecular weight is 426 g/mol. The van der Waals surface area contributed by atoms with Gasteiger partial charge in [0.05, 0.1) is 21.6 Å². The second kappa shape index (κ2) is 7.26. The molecule has 2 aromatic heterocycles. The minimum atomic E-state index is -3.92. The molecule has 0 unspecified atom stereocenters. The summed E-state index contributed by atoms with van der Waals surface area (Å²) in [5.74, 6) is -0.604. The smallest absolute Gasteiger partial charge is 0.265 e. The molecule has 0 radical (unpaired) electrons. The SMILES string of the molecule is O=S(=O)(Nc1ccc(F)c(Cl)c1)c1cn(C2CCCC2)nc1-c1cccs1. The fourth-order valence-corrected chi connectivity index (χ4v) is 5.45. The van der Waals surface area contributed by atoms with Crippen molar-refractivity contribution in [3.63, 3.8) is 0 Å². The van der Waals surface area contributed by atoms with Crippen molar-refractivity contribution in [3.8, 4) is 10.6 Å². The first-order valence-corrected chi connectivity index (χ1v) is 11.3. The van der Waals surface area contributed by atoms with Crippen LogP contribution in [0.25, 0.3) is 10.6 Å². The summed E-state index contributed by atoms with van der Waals surface area (Å²) >= 11 is 7.20. The van der Waals surface area contributed by atoms with E-state index in [-0.39, 0.29) is 21.6 Å². The number of halogens is 2. The molecule has 1 N–H and O–H groups in total. The summed E-state index contributed by atoms with van der Waals surface area (Å²) in [5, 5.41) is 6.34. The van der Waals surface area contributed by atoms with E-state index in [2.05, 4.69) is 9.82 Å². The molecular formula is C18H17ClFN3O2S2. The number of thiophene rings is 1. The number of anilines is 1. The summed E-state index contributed by atoms with van der Waals surface area (Å²) in [7, 11) is -3.92. The van der Waals surface area contributed by atoms with E-state index >= 15 is 0 Å². The van der Waals surface area contributed by atoms with E-state index < -0.39 is 15.8 Å². The molecule has 3 aromatic rings. The van der Waals surface area contributed by atoms with Gasteiger partial charge in [0.1, 0.15) is 16.4 Å². The van der Waals surface area contributed by atoms with Crippen molar-refractivity contribution < 1.29 is 12.8 Å². The summed E-state index contributed by atoms with van der Waals surface area (Å²) < 4.78 is 43.7. The number of hydrogen-bond acceptors (Lipinski definition) is 4. The lowest BCUT2D eigenvalue weighted by molar-refractivity contribution is 0.467. The summed E-state index contributed by atoms with van der Waals surface area (Å²) in [5.41, 5.74) is 0.629. The van der Waals surface area contributed by atoms with Crippen LogP contribution in [0.15, 0.2) is 46.8 Å². The van der Waals surface area contributed by atoms with Gasteiger partial charge in [-0.2, -0.15) is 5.10 Å². The highest BCUT2D eigenvalue weighted by Crippen LogP contribution is 2.35. The highest BCUT2D eigenvalue weighted by Gasteiger charge is 2.27. The Balaban J connectivity index is 1.75. The van der Waals surface area contributed by atoms with Gasteiger partial charge >= 0.3 is 0 Å². The number of sulfonamides is 1. The van der Waals surface area contributed by atoms with Crippen LogP contribution in [0.5, 0.6) is 0 Å². The Bertz CT molecular complexity index is 1060. The standard InChI is InChI=1S/C18H17ClFN3O2S2/c19-14-10-12(7-8-15(14)20)22-27(24,25)17-11-23(13-4-1-2-5-13)21-18(17)16-6-3-9-26-16/h3,6-11,13,22H,1-2,4-5H2. The normalized spacial score (nSPS) is 15.3. The van der Waals surface area contributed by atoms with Gasteiger partial charge in [0.25, 0.3) is 10.0 Å². The van der Waals surface area contributed by atoms with Gasteiger partial charge in [-0.25, -0.2) is 12.8 Å². The van der Waals surface area contributed by atoms with Crippen molar-refractivity contribution in [1.82, 2.24) is 9.78 Å². The molecule has 0 amide bonds. The lowest BCUT2D eigenvalue weighted by atomic mass is 10.3. The lowest BCUT2D eigenvalue weighted by Gasteiger charge is -2.09. The molecule has 142 valence electrons. The van der Waals surface area contributed by atoms with Crippen molar-refractivity contribution in [2.75, 3.05) is 4.72 Å². The zero-order valence-corrected chi connectivity index (χ0v) is 16.6. The molecule has 2 heterocycles. The monoisotopic (exact) mass is 425 g/mol. The van der Waals surface area contributed by atoms with Crippen molar-refractivity contribution in [2.24, 2.45) is 0 Å². The zero-order chi connectivity index (χ0) is 19.0. The molecule has 5 nitrogen and oxygen atoms in total. The summed E-state index contributed by atoms with van der Waals surface area (Å²) in [6.07, 6.45) is 5.82. The second-order valence-corrected chi connectivity index (χ2v) is 9.48. The highest BCUT2D eigenvalue weighted by molar-refractivity contribution is 7.92. The van der Waals surface area contributed by atoms with Crippen molar-refractivity contribution in [3.05, 3.63) is 52.7 Å². The van der Waals surface area contributed by atoms with E-state index in [1.54, 1.807) is 10.9 Å². The van der Waals surface area contributed by atoms with Gasteiger partial charge in [0.2, 0.25) is 0 Å². The van der Waals surface area contributed by atoms with Crippen LogP contribution in [0.1, 0.15) is 31.7 Å². The van der Waals surface area contributed by atoms with E-state index in [0.29, 0.717) is 5.69 Å². The van der Waals surface area contributed by atoms with Gasteiger partial charge < -0.3 is 0 Å². The molecule has 0 saturated heterocycles. The first kappa shape index (κ1) is 18.5. The number of aromatic nitrogens is 2. The van der Waals surface area contributed by atoms with E-state index in [4.69, 9.17) is 11.6 Å². The minimum absolute atomic E-state index is 0.109. The Morgan fingerprint density at radius 1 is 1.26 bits per heavy atom. The van der Waals surface area contributed by atoms with Gasteiger partial charge in [-0.05, 0) is 42.5 Å². The zero-order valence-electron chi connectivity index (χ0n) is 14.2. The molecule has 27 heavy (non-hydrogen) atoms. The molecule has 1 aliphatic carbocycles. The van der Waals surface area contributed by atoms with Crippen molar-refractivity contribution in [2.45, 2.75) is 36.6 Å². The Morgan fingerprint density at radius 2 is 2.04 bits per heavy atom. The third-order valence-electron chi connectivity index (χ3n) is 4.61. The summed E-state index contributed by atoms with van der Waals surface area (Å²) in [6.45, 7) is 0. The van der Waals surface area contributed by atoms with Crippen LogP contribution in [0.2, 0.25) is 5.02 Å². The summed E-state index contributed by atoms with van der Waals surface area (Å²) in [6, 6.07) is 7.64. The van der Waals surface area contributed by atoms with Gasteiger partial charge in [-0.15, -0.1) is 11.3 Å². The maximum atomic E-state index is 13.4. The molecule has 1 aromatic carbocycles. The van der Waals surface area contributed by atoms with Gasteiger partial charge in [-0.1, -0.05) is 30.5 Å². The Labute approximate surface area is 165 Å². The molecule has 4 rings (SSSR count). The molecule has 0 bridgehead atoms. The molecular weight excluding hydrogens is 409 g/mol. The number of benzene rings is 1. The number of nitrogens with zero attached hydrogens (tertiary/aromatic N) is 2. The van der Waals surface area contributed by atoms with E-state index in [0.717, 1.165) is 36.6 Å². The molecule has 0 atom stereocenters. The highest BCUT2D eigenvalue weighted by atomic mass is 35.5. The average Bonchev–Trinajstić information content (AvgIpc) is 3.38. The quantitative estimate of drug-likeness (QED) is 0.601. The number of rotatable bonds is 5. The minimum Gasteiger partial charge on any atom is -0.279 e.